The molecule has 0 unspecified atom stereocenters. The summed E-state index contributed by atoms with van der Waals surface area (Å²) in [6.07, 6.45) is 0. The number of nitrogens with two attached hydrogens (primary N) is 1. The Morgan fingerprint density at radius 2 is 2.23 bits per heavy atom. The Kier molecular flexibility index (Phi) is 3.36. The van der Waals surface area contributed by atoms with Crippen molar-refractivity contribution in [2.75, 3.05) is 7.11 Å². The van der Waals surface area contributed by atoms with Crippen LogP contribution in [0.4, 0.5) is 0 Å². The summed E-state index contributed by atoms with van der Waals surface area (Å²) >= 11 is 5.80. The molecule has 0 radical (unpaired) electrons. The largest absolute Gasteiger partial charge is 0.507 e. The van der Waals surface area contributed by atoms with E-state index in [2.05, 4.69) is 4.84 Å². The summed E-state index contributed by atoms with van der Waals surface area (Å²) in [6, 6.07) is 2.96. The smallest absolute Gasteiger partial charge is 0.141 e. The topological polar surface area (TPSA) is 64.7 Å². The van der Waals surface area contributed by atoms with Crippen LogP contribution in [0.25, 0.3) is 0 Å². The number of aromatic hydroxyl groups is 1. The molecule has 0 aliphatic carbocycles. The van der Waals surface area contributed by atoms with Crippen molar-refractivity contribution < 1.29 is 14.7 Å². The second-order valence-corrected chi connectivity index (χ2v) is 2.83. The van der Waals surface area contributed by atoms with Crippen molar-refractivity contribution in [1.82, 2.24) is 0 Å². The van der Waals surface area contributed by atoms with Gasteiger partial charge in [-0.15, -0.1) is 0 Å². The van der Waals surface area contributed by atoms with Crippen LogP contribution in [0.3, 0.4) is 0 Å². The summed E-state index contributed by atoms with van der Waals surface area (Å²) in [5, 5.41) is 9.81. The van der Waals surface area contributed by atoms with Gasteiger partial charge in [-0.2, -0.15) is 0 Å². The maximum absolute atomic E-state index is 9.40. The highest BCUT2D eigenvalue weighted by Gasteiger charge is 2.07. The van der Waals surface area contributed by atoms with Crippen LogP contribution in [0.2, 0.25) is 5.02 Å². The summed E-state index contributed by atoms with van der Waals surface area (Å²) in [5.74, 6) is 5.33. The van der Waals surface area contributed by atoms with E-state index in [1.165, 1.54) is 13.2 Å². The van der Waals surface area contributed by atoms with Gasteiger partial charge < -0.3 is 9.84 Å². The molecule has 0 saturated carbocycles. The summed E-state index contributed by atoms with van der Waals surface area (Å²) in [4.78, 5) is 4.38. The Morgan fingerprint density at radius 1 is 1.54 bits per heavy atom. The van der Waals surface area contributed by atoms with Crippen molar-refractivity contribution in [3.63, 3.8) is 0 Å². The molecular weight excluding hydrogens is 194 g/mol. The van der Waals surface area contributed by atoms with Gasteiger partial charge in [0, 0.05) is 11.6 Å². The van der Waals surface area contributed by atoms with Gasteiger partial charge in [0.1, 0.15) is 11.5 Å². The van der Waals surface area contributed by atoms with Gasteiger partial charge in [-0.25, -0.2) is 5.90 Å². The van der Waals surface area contributed by atoms with Crippen molar-refractivity contribution in [2.45, 2.75) is 6.61 Å². The van der Waals surface area contributed by atoms with Gasteiger partial charge >= 0.3 is 0 Å². The third-order valence-corrected chi connectivity index (χ3v) is 1.89. The third-order valence-electron chi connectivity index (χ3n) is 1.59. The second kappa shape index (κ2) is 4.32. The molecule has 0 aliphatic rings. The molecule has 72 valence electrons. The molecule has 0 bridgehead atoms. The molecule has 0 saturated heterocycles. The zero-order chi connectivity index (χ0) is 9.84. The van der Waals surface area contributed by atoms with Gasteiger partial charge in [-0.1, -0.05) is 11.6 Å². The van der Waals surface area contributed by atoms with Crippen LogP contribution in [0.1, 0.15) is 5.56 Å². The molecule has 0 atom stereocenters. The van der Waals surface area contributed by atoms with Gasteiger partial charge in [0.2, 0.25) is 0 Å². The first-order chi connectivity index (χ1) is 6.19. The van der Waals surface area contributed by atoms with E-state index >= 15 is 0 Å². The lowest BCUT2D eigenvalue weighted by Crippen LogP contribution is -1.99. The fraction of sp³-hybridized carbons (Fsp3) is 0.250. The predicted molar refractivity (Wildman–Crippen MR) is 48.6 cm³/mol. The molecular formula is C8H10ClNO3. The second-order valence-electron chi connectivity index (χ2n) is 2.43. The number of benzene rings is 1. The lowest BCUT2D eigenvalue weighted by molar-refractivity contribution is 0.122. The van der Waals surface area contributed by atoms with Gasteiger partial charge in [-0.3, -0.25) is 4.84 Å². The molecule has 0 aromatic heterocycles. The van der Waals surface area contributed by atoms with Crippen molar-refractivity contribution >= 4 is 11.6 Å². The molecule has 5 heteroatoms. The fourth-order valence-electron chi connectivity index (χ4n) is 0.946. The van der Waals surface area contributed by atoms with Crippen LogP contribution < -0.4 is 10.6 Å². The van der Waals surface area contributed by atoms with E-state index in [4.69, 9.17) is 22.2 Å². The molecule has 13 heavy (non-hydrogen) atoms. The number of hydrogen-bond acceptors (Lipinski definition) is 4. The van der Waals surface area contributed by atoms with Crippen LogP contribution in [-0.4, -0.2) is 12.2 Å². The van der Waals surface area contributed by atoms with Crippen LogP contribution in [0.15, 0.2) is 12.1 Å². The number of hydrogen-bond donors (Lipinski definition) is 2. The van der Waals surface area contributed by atoms with Gasteiger partial charge in [0.25, 0.3) is 0 Å². The Labute approximate surface area is 80.8 Å². The maximum Gasteiger partial charge on any atom is 0.141 e. The minimum Gasteiger partial charge on any atom is -0.507 e. The highest BCUT2D eigenvalue weighted by molar-refractivity contribution is 6.32. The maximum atomic E-state index is 9.40. The average molecular weight is 204 g/mol. The van der Waals surface area contributed by atoms with Gasteiger partial charge in [0.15, 0.2) is 0 Å². The van der Waals surface area contributed by atoms with E-state index in [-0.39, 0.29) is 12.4 Å². The Balaban J connectivity index is 3.05. The van der Waals surface area contributed by atoms with Gasteiger partial charge in [0.05, 0.1) is 18.7 Å². The van der Waals surface area contributed by atoms with Crippen LogP contribution in [0, 0.1) is 0 Å². The summed E-state index contributed by atoms with van der Waals surface area (Å²) in [6.45, 7) is 0.107. The van der Waals surface area contributed by atoms with Crippen molar-refractivity contribution in [2.24, 2.45) is 5.90 Å². The first kappa shape index (κ1) is 10.1. The normalized spacial score (nSPS) is 10.1. The number of ether oxygens (including phenoxy) is 1. The lowest BCUT2D eigenvalue weighted by atomic mass is 10.2. The minimum atomic E-state index is 0.0479. The predicted octanol–water partition coefficient (Wildman–Crippen LogP) is 1.44. The van der Waals surface area contributed by atoms with E-state index in [1.807, 2.05) is 0 Å². The van der Waals surface area contributed by atoms with Crippen molar-refractivity contribution in [1.29, 1.82) is 0 Å². The molecule has 0 fully saturated rings. The lowest BCUT2D eigenvalue weighted by Gasteiger charge is -2.07. The molecule has 3 N–H and O–H groups in total. The van der Waals surface area contributed by atoms with E-state index < -0.39 is 0 Å². The summed E-state index contributed by atoms with van der Waals surface area (Å²) in [5.41, 5.74) is 0.522. The minimum absolute atomic E-state index is 0.0479. The number of rotatable bonds is 3. The quantitative estimate of drug-likeness (QED) is 0.730. The number of halogens is 1. The standard InChI is InChI=1S/C8H10ClNO3/c1-12-8-3-7(11)5(4-13-10)2-6(8)9/h2-3,11H,4,10H2,1H3. The van der Waals surface area contributed by atoms with Crippen LogP contribution in [-0.2, 0) is 11.4 Å². The van der Waals surface area contributed by atoms with Crippen molar-refractivity contribution in [3.05, 3.63) is 22.7 Å². The van der Waals surface area contributed by atoms with Crippen molar-refractivity contribution in [3.8, 4) is 11.5 Å². The number of phenolic OH excluding ortho intramolecular Hbond substituents is 1. The van der Waals surface area contributed by atoms with Crippen LogP contribution >= 0.6 is 11.6 Å². The molecule has 1 rings (SSSR count). The molecule has 1 aromatic carbocycles. The molecule has 0 amide bonds. The molecule has 4 nitrogen and oxygen atoms in total. The summed E-state index contributed by atoms with van der Waals surface area (Å²) < 4.78 is 4.89. The molecule has 1 aromatic rings. The Morgan fingerprint density at radius 3 is 2.77 bits per heavy atom. The first-order valence-electron chi connectivity index (χ1n) is 3.56. The van der Waals surface area contributed by atoms with Crippen LogP contribution in [0.5, 0.6) is 11.5 Å². The monoisotopic (exact) mass is 203 g/mol. The fourth-order valence-corrected chi connectivity index (χ4v) is 1.21. The SMILES string of the molecule is COc1cc(O)c(CON)cc1Cl. The number of methoxy groups -OCH3 is 1. The zero-order valence-corrected chi connectivity index (χ0v) is 7.84. The van der Waals surface area contributed by atoms with E-state index in [9.17, 15) is 5.11 Å². The highest BCUT2D eigenvalue weighted by atomic mass is 35.5. The molecule has 0 heterocycles. The third kappa shape index (κ3) is 2.24. The van der Waals surface area contributed by atoms with E-state index in [1.54, 1.807) is 6.07 Å². The molecule has 0 spiro atoms. The van der Waals surface area contributed by atoms with Gasteiger partial charge in [-0.05, 0) is 6.07 Å². The molecule has 0 aliphatic heterocycles. The number of phenols is 1. The van der Waals surface area contributed by atoms with E-state index in [0.717, 1.165) is 0 Å². The first-order valence-corrected chi connectivity index (χ1v) is 3.94. The Hall–Kier alpha value is -0.970. The van der Waals surface area contributed by atoms with E-state index in [0.29, 0.717) is 16.3 Å². The average Bonchev–Trinajstić information content (AvgIpc) is 2.11. The highest BCUT2D eigenvalue weighted by Crippen LogP contribution is 2.31. The zero-order valence-electron chi connectivity index (χ0n) is 7.08. The summed E-state index contributed by atoms with van der Waals surface area (Å²) in [7, 11) is 1.47. The Bertz CT molecular complexity index is 304.